The number of nitrogens with zero attached hydrogens (tertiary/aromatic N) is 4. The molecule has 2 saturated heterocycles. The summed E-state index contributed by atoms with van der Waals surface area (Å²) >= 11 is 0. The maximum atomic E-state index is 15.9. The molecule has 8 nitrogen and oxygen atoms in total. The highest BCUT2D eigenvalue weighted by Gasteiger charge is 2.45. The van der Waals surface area contributed by atoms with Gasteiger partial charge in [0.05, 0.1) is 23.8 Å². The molecule has 4 aliphatic rings. The van der Waals surface area contributed by atoms with E-state index in [4.69, 9.17) is 20.9 Å². The fourth-order valence-corrected chi connectivity index (χ4v) is 7.44. The highest BCUT2D eigenvalue weighted by atomic mass is 32.2. The molecule has 0 amide bonds. The van der Waals surface area contributed by atoms with Crippen LogP contribution in [0.1, 0.15) is 88.1 Å². The fraction of sp³-hybridized carbons (Fsp3) is 0.606. The Labute approximate surface area is 267 Å². The molecule has 248 valence electrons. The van der Waals surface area contributed by atoms with Crippen LogP contribution in [0.2, 0.25) is 0 Å². The van der Waals surface area contributed by atoms with Crippen LogP contribution in [-0.4, -0.2) is 76.5 Å². The van der Waals surface area contributed by atoms with Gasteiger partial charge in [-0.15, -0.1) is 0 Å². The van der Waals surface area contributed by atoms with Crippen LogP contribution in [0.25, 0.3) is 0 Å². The third-order valence-electron chi connectivity index (χ3n) is 9.00. The SMILES string of the molecule is C.CC(=N)c1c2cc(N3CCS(=O)CC3)nc1OCCCCCCN1CCC(CC1)C(F)(F)c1cccc(c1F)[C@@H](C)N=C2N. The van der Waals surface area contributed by atoms with E-state index in [1.165, 1.54) is 18.2 Å². The molecule has 1 atom stereocenters. The minimum Gasteiger partial charge on any atom is -0.477 e. The van der Waals surface area contributed by atoms with Gasteiger partial charge in [0.1, 0.15) is 17.5 Å². The van der Waals surface area contributed by atoms with Gasteiger partial charge in [-0.1, -0.05) is 38.5 Å². The maximum Gasteiger partial charge on any atom is 0.278 e. The second kappa shape index (κ2) is 15.1. The summed E-state index contributed by atoms with van der Waals surface area (Å²) in [5, 5.41) is 8.56. The van der Waals surface area contributed by atoms with Crippen molar-refractivity contribution in [3.05, 3.63) is 52.3 Å². The Bertz CT molecular complexity index is 1400. The van der Waals surface area contributed by atoms with Crippen LogP contribution in [-0.2, 0) is 16.7 Å². The highest BCUT2D eigenvalue weighted by molar-refractivity contribution is 7.85. The normalized spacial score (nSPS) is 24.9. The molecular formula is C33H47F3N6O2S. The van der Waals surface area contributed by atoms with Crippen LogP contribution in [0, 0.1) is 17.1 Å². The second-order valence-corrected chi connectivity index (χ2v) is 13.8. The minimum absolute atomic E-state index is 0. The summed E-state index contributed by atoms with van der Waals surface area (Å²) < 4.78 is 65.7. The lowest BCUT2D eigenvalue weighted by molar-refractivity contribution is -0.0880. The summed E-state index contributed by atoms with van der Waals surface area (Å²) in [7, 11) is -0.888. The van der Waals surface area contributed by atoms with Gasteiger partial charge in [-0.3, -0.25) is 9.20 Å². The van der Waals surface area contributed by atoms with Crippen molar-refractivity contribution in [3.63, 3.8) is 0 Å². The largest absolute Gasteiger partial charge is 0.477 e. The molecule has 1 aromatic carbocycles. The Balaban J connectivity index is 0.00000461. The zero-order valence-electron chi connectivity index (χ0n) is 25.6. The van der Waals surface area contributed by atoms with Crippen LogP contribution in [0.15, 0.2) is 29.3 Å². The van der Waals surface area contributed by atoms with E-state index in [9.17, 15) is 4.21 Å². The smallest absolute Gasteiger partial charge is 0.278 e. The zero-order valence-corrected chi connectivity index (χ0v) is 26.4. The van der Waals surface area contributed by atoms with Crippen molar-refractivity contribution < 1.29 is 22.1 Å². The summed E-state index contributed by atoms with van der Waals surface area (Å²) in [6, 6.07) is 4.97. The third kappa shape index (κ3) is 7.88. The molecular weight excluding hydrogens is 601 g/mol. The maximum absolute atomic E-state index is 15.9. The first-order valence-electron chi connectivity index (χ1n) is 15.6. The number of benzene rings is 1. The number of hydrogen-bond donors (Lipinski definition) is 2. The number of nitrogens with two attached hydrogens (primary N) is 1. The first-order chi connectivity index (χ1) is 21.1. The lowest BCUT2D eigenvalue weighted by Crippen LogP contribution is -2.40. The number of pyridine rings is 1. The van der Waals surface area contributed by atoms with Crippen LogP contribution >= 0.6 is 0 Å². The molecule has 2 fully saturated rings. The zero-order chi connectivity index (χ0) is 31.4. The minimum atomic E-state index is -3.31. The molecule has 2 aromatic rings. The van der Waals surface area contributed by atoms with Crippen LogP contribution in [0.3, 0.4) is 0 Å². The van der Waals surface area contributed by atoms with Gasteiger partial charge in [-0.25, -0.2) is 13.2 Å². The number of anilines is 1. The number of piperidine rings is 1. The van der Waals surface area contributed by atoms with Crippen LogP contribution in [0.5, 0.6) is 5.88 Å². The van der Waals surface area contributed by atoms with E-state index in [1.54, 1.807) is 19.9 Å². The number of fused-ring (bicyclic) bond motifs is 9. The molecule has 5 heterocycles. The molecule has 1 aromatic heterocycles. The molecule has 0 radical (unpaired) electrons. The van der Waals surface area contributed by atoms with Gasteiger partial charge < -0.3 is 25.7 Å². The average Bonchev–Trinajstić information content (AvgIpc) is 3.00. The summed E-state index contributed by atoms with van der Waals surface area (Å²) in [5.41, 5.74) is 6.99. The predicted molar refractivity (Wildman–Crippen MR) is 176 cm³/mol. The number of aromatic nitrogens is 1. The molecule has 45 heavy (non-hydrogen) atoms. The van der Waals surface area contributed by atoms with Gasteiger partial charge in [0.25, 0.3) is 5.92 Å². The van der Waals surface area contributed by atoms with E-state index in [1.807, 2.05) is 4.90 Å². The van der Waals surface area contributed by atoms with E-state index >= 15 is 13.2 Å². The molecule has 0 saturated carbocycles. The van der Waals surface area contributed by atoms with Crippen molar-refractivity contribution in [2.24, 2.45) is 16.6 Å². The average molecular weight is 649 g/mol. The van der Waals surface area contributed by atoms with Crippen molar-refractivity contribution in [2.45, 2.75) is 71.8 Å². The number of nitrogens with one attached hydrogen (secondary N) is 1. The van der Waals surface area contributed by atoms with Crippen molar-refractivity contribution in [1.82, 2.24) is 9.88 Å². The number of aliphatic imine (C=N–C) groups is 1. The quantitative estimate of drug-likeness (QED) is 0.385. The van der Waals surface area contributed by atoms with Crippen molar-refractivity contribution in [2.75, 3.05) is 55.7 Å². The lowest BCUT2D eigenvalue weighted by Gasteiger charge is -2.36. The molecule has 0 aliphatic carbocycles. The lowest BCUT2D eigenvalue weighted by atomic mass is 9.85. The Hall–Kier alpha value is -2.99. The summed E-state index contributed by atoms with van der Waals surface area (Å²) in [4.78, 5) is 13.6. The van der Waals surface area contributed by atoms with Gasteiger partial charge >= 0.3 is 0 Å². The molecule has 6 bridgehead atoms. The number of rotatable bonds is 2. The number of halogens is 3. The van der Waals surface area contributed by atoms with Crippen LogP contribution in [0.4, 0.5) is 19.0 Å². The van der Waals surface area contributed by atoms with E-state index < -0.39 is 40.1 Å². The standard InChI is InChI=1S/C32H43F3N6O2S.CH4/c1-21(36)28-25-20-27(41-15-18-44(42)19-16-41)39-31(28)43-17-6-4-3-5-12-40-13-10-23(11-14-40)32(34,35)26-9-7-8-24(29(26)33)22(2)38-30(25)37;/h7-9,20,22-23,36H,3-6,10-19H2,1-2H3,(H2,37,38);1H4/t22-;/m1./s1. The Morgan fingerprint density at radius 1 is 1.09 bits per heavy atom. The molecule has 12 heteroatoms. The second-order valence-electron chi connectivity index (χ2n) is 12.1. The van der Waals surface area contributed by atoms with Gasteiger partial charge in [0, 0.05) is 58.2 Å². The summed E-state index contributed by atoms with van der Waals surface area (Å²) in [5.74, 6) is -3.31. The number of alkyl halides is 2. The van der Waals surface area contributed by atoms with Crippen LogP contribution < -0.4 is 15.4 Å². The third-order valence-corrected chi connectivity index (χ3v) is 10.3. The van der Waals surface area contributed by atoms with Gasteiger partial charge in [-0.2, -0.15) is 4.98 Å². The summed E-state index contributed by atoms with van der Waals surface area (Å²) in [6.45, 7) is 6.72. The highest BCUT2D eigenvalue weighted by Crippen LogP contribution is 2.44. The predicted octanol–water partition coefficient (Wildman–Crippen LogP) is 6.04. The van der Waals surface area contributed by atoms with E-state index in [0.717, 1.165) is 32.2 Å². The Morgan fingerprint density at radius 3 is 2.47 bits per heavy atom. The Morgan fingerprint density at radius 2 is 1.78 bits per heavy atom. The van der Waals surface area contributed by atoms with E-state index in [2.05, 4.69) is 9.89 Å². The van der Waals surface area contributed by atoms with Gasteiger partial charge in [-0.05, 0) is 65.2 Å². The molecule has 0 spiro atoms. The fourth-order valence-electron chi connectivity index (χ4n) is 6.38. The first-order valence-corrected chi connectivity index (χ1v) is 17.1. The van der Waals surface area contributed by atoms with Crippen molar-refractivity contribution in [3.8, 4) is 5.88 Å². The van der Waals surface area contributed by atoms with Crippen molar-refractivity contribution in [1.29, 1.82) is 5.41 Å². The number of ether oxygens (including phenoxy) is 1. The van der Waals surface area contributed by atoms with Gasteiger partial charge in [0.2, 0.25) is 5.88 Å². The molecule has 3 N–H and O–H groups in total. The van der Waals surface area contributed by atoms with Crippen molar-refractivity contribution >= 4 is 28.2 Å². The molecule has 0 unspecified atom stereocenters. The first kappa shape index (κ1) is 34.9. The van der Waals surface area contributed by atoms with E-state index in [-0.39, 0.29) is 30.4 Å². The molecule has 6 rings (SSSR count). The Kier molecular flexibility index (Phi) is 11.7. The monoisotopic (exact) mass is 648 g/mol. The molecule has 4 aliphatic heterocycles. The topological polar surface area (TPSA) is 108 Å². The summed E-state index contributed by atoms with van der Waals surface area (Å²) in [6.07, 6.45) is 4.30. The number of hydrogen-bond acceptors (Lipinski definition) is 8. The van der Waals surface area contributed by atoms with E-state index in [0.29, 0.717) is 74.1 Å². The number of amidine groups is 1. The van der Waals surface area contributed by atoms with Gasteiger partial charge in [0.15, 0.2) is 0 Å².